The molecule has 0 unspecified atom stereocenters. The summed E-state index contributed by atoms with van der Waals surface area (Å²) in [6.07, 6.45) is 3.86. The third-order valence-electron chi connectivity index (χ3n) is 5.62. The molecule has 1 amide bonds. The van der Waals surface area contributed by atoms with Crippen molar-refractivity contribution in [1.29, 1.82) is 0 Å². The van der Waals surface area contributed by atoms with E-state index in [1.165, 1.54) is 11.2 Å². The lowest BCUT2D eigenvalue weighted by Gasteiger charge is -2.33. The van der Waals surface area contributed by atoms with Crippen LogP contribution in [0, 0.1) is 5.41 Å². The molecule has 34 heavy (non-hydrogen) atoms. The van der Waals surface area contributed by atoms with Crippen LogP contribution < -0.4 is 5.73 Å². The Balaban J connectivity index is 1.87. The van der Waals surface area contributed by atoms with Crippen LogP contribution in [0.4, 0.5) is 10.6 Å². The van der Waals surface area contributed by atoms with Gasteiger partial charge in [0.1, 0.15) is 17.8 Å². The number of rotatable bonds is 6. The van der Waals surface area contributed by atoms with Gasteiger partial charge in [0.25, 0.3) is 0 Å². The summed E-state index contributed by atoms with van der Waals surface area (Å²) in [6, 6.07) is 9.44. The van der Waals surface area contributed by atoms with Crippen LogP contribution in [0.15, 0.2) is 60.1 Å². The molecule has 3 N–H and O–H groups in total. The highest BCUT2D eigenvalue weighted by atomic mass is 79.9. The molecule has 0 saturated heterocycles. The molecular formula is C25H27BrN6O2. The SMILES string of the molecule is C=C[C@H](Cn1c(Br)c(-c2cnc3ccccc3c2)c2c(N)ncnc21)N(CC(C)(C)C)C(=O)O. The molecule has 0 aliphatic carbocycles. The number of anilines is 1. The number of carbonyl (C=O) groups is 1. The maximum absolute atomic E-state index is 12.1. The number of fused-ring (bicyclic) bond motifs is 2. The van der Waals surface area contributed by atoms with Crippen LogP contribution in [0.1, 0.15) is 20.8 Å². The molecule has 0 bridgehead atoms. The van der Waals surface area contributed by atoms with Crippen LogP contribution >= 0.6 is 15.9 Å². The average molecular weight is 523 g/mol. The normalized spacial score (nSPS) is 12.7. The highest BCUT2D eigenvalue weighted by Crippen LogP contribution is 2.40. The number of aromatic nitrogens is 4. The van der Waals surface area contributed by atoms with Crippen molar-refractivity contribution in [3.05, 3.63) is 60.1 Å². The van der Waals surface area contributed by atoms with Crippen molar-refractivity contribution in [3.8, 4) is 11.1 Å². The van der Waals surface area contributed by atoms with E-state index in [0.717, 1.165) is 26.6 Å². The number of pyridine rings is 1. The summed E-state index contributed by atoms with van der Waals surface area (Å²) in [5.41, 5.74) is 9.26. The Labute approximate surface area is 206 Å². The van der Waals surface area contributed by atoms with E-state index in [9.17, 15) is 9.90 Å². The lowest BCUT2D eigenvalue weighted by Crippen LogP contribution is -2.45. The number of nitrogens with two attached hydrogens (primary N) is 1. The van der Waals surface area contributed by atoms with Crippen LogP contribution in [0.2, 0.25) is 0 Å². The molecule has 3 aromatic heterocycles. The summed E-state index contributed by atoms with van der Waals surface area (Å²) < 4.78 is 2.64. The van der Waals surface area contributed by atoms with E-state index in [4.69, 9.17) is 5.73 Å². The first kappa shape index (κ1) is 23.7. The Hall–Kier alpha value is -3.46. The van der Waals surface area contributed by atoms with Gasteiger partial charge >= 0.3 is 6.09 Å². The summed E-state index contributed by atoms with van der Waals surface area (Å²) in [5.74, 6) is 0.340. The molecule has 1 aromatic carbocycles. The Kier molecular flexibility index (Phi) is 6.31. The zero-order valence-electron chi connectivity index (χ0n) is 19.4. The van der Waals surface area contributed by atoms with Crippen LogP contribution in [0.25, 0.3) is 33.1 Å². The molecular weight excluding hydrogens is 496 g/mol. The second-order valence-electron chi connectivity index (χ2n) is 9.42. The Morgan fingerprint density at radius 2 is 2.03 bits per heavy atom. The fraction of sp³-hybridized carbons (Fsp3) is 0.280. The molecule has 1 atom stereocenters. The third kappa shape index (κ3) is 4.48. The second kappa shape index (κ2) is 9.06. The van der Waals surface area contributed by atoms with Gasteiger partial charge in [0.05, 0.1) is 21.5 Å². The van der Waals surface area contributed by atoms with Crippen molar-refractivity contribution in [2.75, 3.05) is 12.3 Å². The molecule has 0 fully saturated rings. The van der Waals surface area contributed by atoms with E-state index in [2.05, 4.69) is 37.5 Å². The number of para-hydroxylation sites is 1. The fourth-order valence-corrected chi connectivity index (χ4v) is 4.87. The van der Waals surface area contributed by atoms with E-state index < -0.39 is 12.1 Å². The molecule has 0 saturated carbocycles. The predicted octanol–water partition coefficient (Wildman–Crippen LogP) is 5.57. The number of amides is 1. The van der Waals surface area contributed by atoms with Crippen molar-refractivity contribution in [3.63, 3.8) is 0 Å². The van der Waals surface area contributed by atoms with Crippen molar-refractivity contribution < 1.29 is 9.90 Å². The van der Waals surface area contributed by atoms with Crippen LogP contribution in [0.5, 0.6) is 0 Å². The second-order valence-corrected chi connectivity index (χ2v) is 10.2. The summed E-state index contributed by atoms with van der Waals surface area (Å²) >= 11 is 3.75. The molecule has 8 nitrogen and oxygen atoms in total. The average Bonchev–Trinajstić information content (AvgIpc) is 3.07. The van der Waals surface area contributed by atoms with E-state index in [-0.39, 0.29) is 5.41 Å². The quantitative estimate of drug-likeness (QED) is 0.320. The molecule has 0 radical (unpaired) electrons. The van der Waals surface area contributed by atoms with Gasteiger partial charge in [-0.15, -0.1) is 6.58 Å². The molecule has 0 aliphatic heterocycles. The van der Waals surface area contributed by atoms with Gasteiger partial charge in [-0.2, -0.15) is 0 Å². The number of halogens is 1. The maximum Gasteiger partial charge on any atom is 0.407 e. The maximum atomic E-state index is 12.1. The van der Waals surface area contributed by atoms with Crippen molar-refractivity contribution in [1.82, 2.24) is 24.4 Å². The molecule has 3 heterocycles. The first-order chi connectivity index (χ1) is 16.1. The van der Waals surface area contributed by atoms with Crippen molar-refractivity contribution in [2.45, 2.75) is 33.4 Å². The van der Waals surface area contributed by atoms with Crippen LogP contribution in [-0.4, -0.2) is 48.2 Å². The largest absolute Gasteiger partial charge is 0.465 e. The van der Waals surface area contributed by atoms with Gasteiger partial charge in [-0.1, -0.05) is 45.0 Å². The zero-order valence-corrected chi connectivity index (χ0v) is 21.0. The highest BCUT2D eigenvalue weighted by Gasteiger charge is 2.29. The fourth-order valence-electron chi connectivity index (χ4n) is 4.13. The summed E-state index contributed by atoms with van der Waals surface area (Å²) in [7, 11) is 0. The molecule has 4 aromatic rings. The lowest BCUT2D eigenvalue weighted by atomic mass is 9.95. The molecule has 4 rings (SSSR count). The number of benzene rings is 1. The summed E-state index contributed by atoms with van der Waals surface area (Å²) in [5, 5.41) is 11.6. The Morgan fingerprint density at radius 3 is 2.71 bits per heavy atom. The minimum absolute atomic E-state index is 0.218. The predicted molar refractivity (Wildman–Crippen MR) is 139 cm³/mol. The first-order valence-corrected chi connectivity index (χ1v) is 11.7. The van der Waals surface area contributed by atoms with Crippen LogP contribution in [0.3, 0.4) is 0 Å². The van der Waals surface area contributed by atoms with Gasteiger partial charge < -0.3 is 15.4 Å². The first-order valence-electron chi connectivity index (χ1n) is 10.9. The van der Waals surface area contributed by atoms with Gasteiger partial charge in [-0.05, 0) is 33.5 Å². The van der Waals surface area contributed by atoms with Gasteiger partial charge in [-0.25, -0.2) is 14.8 Å². The molecule has 0 spiro atoms. The van der Waals surface area contributed by atoms with Gasteiger partial charge in [-0.3, -0.25) is 9.88 Å². The number of carboxylic acid groups (broad SMARTS) is 1. The standard InChI is InChI=1S/C25H27BrN6O2/c1-5-17(32(24(33)34)13-25(2,3)4)12-31-21(26)19(20-22(27)29-14-30-23(20)31)16-10-15-8-6-7-9-18(15)28-11-16/h5-11,14,17H,1,12-13H2,2-4H3,(H,33,34)(H2,27,29,30)/t17-/m1/s1. The van der Waals surface area contributed by atoms with Gasteiger partial charge in [0.15, 0.2) is 0 Å². The number of nitrogen functional groups attached to an aromatic ring is 1. The van der Waals surface area contributed by atoms with Gasteiger partial charge in [0, 0.05) is 35.8 Å². The zero-order chi connectivity index (χ0) is 24.6. The van der Waals surface area contributed by atoms with Gasteiger partial charge in [0.2, 0.25) is 0 Å². The molecule has 176 valence electrons. The van der Waals surface area contributed by atoms with E-state index in [1.54, 1.807) is 12.3 Å². The monoisotopic (exact) mass is 522 g/mol. The highest BCUT2D eigenvalue weighted by molar-refractivity contribution is 9.10. The van der Waals surface area contributed by atoms with E-state index in [0.29, 0.717) is 29.9 Å². The number of hydrogen-bond donors (Lipinski definition) is 2. The van der Waals surface area contributed by atoms with Crippen molar-refractivity contribution >= 4 is 49.8 Å². The van der Waals surface area contributed by atoms with E-state index in [1.807, 2.05) is 55.7 Å². The topological polar surface area (TPSA) is 110 Å². The number of nitrogens with zero attached hydrogens (tertiary/aromatic N) is 5. The molecule has 9 heteroatoms. The summed E-state index contributed by atoms with van der Waals surface area (Å²) in [6.45, 7) is 10.6. The van der Waals surface area contributed by atoms with Crippen molar-refractivity contribution in [2.24, 2.45) is 5.41 Å². The summed E-state index contributed by atoms with van der Waals surface area (Å²) in [4.78, 5) is 26.8. The lowest BCUT2D eigenvalue weighted by molar-refractivity contribution is 0.108. The van der Waals surface area contributed by atoms with Crippen LogP contribution in [-0.2, 0) is 6.54 Å². The minimum Gasteiger partial charge on any atom is -0.465 e. The van der Waals surface area contributed by atoms with E-state index >= 15 is 0 Å². The Bertz CT molecular complexity index is 1390. The molecule has 0 aliphatic rings. The smallest absolute Gasteiger partial charge is 0.407 e. The Morgan fingerprint density at radius 1 is 1.29 bits per heavy atom. The number of hydrogen-bond acceptors (Lipinski definition) is 5. The minimum atomic E-state index is -1.000. The third-order valence-corrected chi connectivity index (χ3v) is 6.44.